The van der Waals surface area contributed by atoms with Gasteiger partial charge in [0, 0.05) is 5.57 Å². The molecule has 0 saturated carbocycles. The fraction of sp³-hybridized carbons (Fsp3) is 0.267. The smallest absolute Gasteiger partial charge is 0.163 e. The molecule has 0 aromatic rings. The lowest BCUT2D eigenvalue weighted by molar-refractivity contribution is -0.302. The summed E-state index contributed by atoms with van der Waals surface area (Å²) in [6, 6.07) is 0. The fourth-order valence-electron chi connectivity index (χ4n) is 1.33. The Balaban J connectivity index is 4.91. The first-order chi connectivity index (χ1) is 8.77. The van der Waals surface area contributed by atoms with Gasteiger partial charge in [-0.1, -0.05) is 31.2 Å². The number of carbonyl (C=O) groups excluding carboxylic acids is 3. The minimum atomic E-state index is -0.305. The molecule has 4 heteroatoms. The molecule has 0 fully saturated rings. The first-order valence-electron chi connectivity index (χ1n) is 5.73. The molecule has 0 aromatic carbocycles. The molecule has 0 heterocycles. The number of carbonyl (C=O) groups is 3. The van der Waals surface area contributed by atoms with E-state index in [2.05, 4.69) is 0 Å². The second-order valence-corrected chi connectivity index (χ2v) is 3.96. The van der Waals surface area contributed by atoms with Gasteiger partial charge in [0.2, 0.25) is 0 Å². The normalized spacial score (nSPS) is 12.4. The van der Waals surface area contributed by atoms with Crippen LogP contribution in [0, 0.1) is 0 Å². The van der Waals surface area contributed by atoms with Gasteiger partial charge in [-0.3, -0.25) is 14.4 Å². The third-order valence-corrected chi connectivity index (χ3v) is 2.27. The Morgan fingerprint density at radius 2 is 1.32 bits per heavy atom. The molecular formula is C15H17O4-. The Morgan fingerprint density at radius 3 is 1.68 bits per heavy atom. The summed E-state index contributed by atoms with van der Waals surface area (Å²) in [6.45, 7) is 5.26. The number of rotatable bonds is 6. The van der Waals surface area contributed by atoms with Crippen LogP contribution in [0.2, 0.25) is 0 Å². The quantitative estimate of drug-likeness (QED) is 0.238. The summed E-state index contributed by atoms with van der Waals surface area (Å²) < 4.78 is 0. The standard InChI is InChI=1S/C15H18O4/c1-10(16)14(11(2)17)8-6-5-7-9-15(12(3)18)13(4)19/h5-9,16H,1-4H3/p-1/b7-5+,8-6+,14-10+. The summed E-state index contributed by atoms with van der Waals surface area (Å²) in [5.74, 6) is -1.22. The van der Waals surface area contributed by atoms with Crippen molar-refractivity contribution in [2.24, 2.45) is 0 Å². The lowest BCUT2D eigenvalue weighted by atomic mass is 10.1. The third-order valence-electron chi connectivity index (χ3n) is 2.27. The van der Waals surface area contributed by atoms with Gasteiger partial charge in [-0.25, -0.2) is 0 Å². The minimum absolute atomic E-state index is 0.104. The summed E-state index contributed by atoms with van der Waals surface area (Å²) in [5, 5.41) is 11.1. The fourth-order valence-corrected chi connectivity index (χ4v) is 1.33. The van der Waals surface area contributed by atoms with Crippen LogP contribution in [0.4, 0.5) is 0 Å². The van der Waals surface area contributed by atoms with E-state index >= 15 is 0 Å². The zero-order valence-electron chi connectivity index (χ0n) is 11.5. The van der Waals surface area contributed by atoms with E-state index in [1.165, 1.54) is 58.1 Å². The molecule has 0 aliphatic carbocycles. The van der Waals surface area contributed by atoms with Crippen molar-refractivity contribution in [2.45, 2.75) is 27.7 Å². The summed E-state index contributed by atoms with van der Waals surface area (Å²) in [6.07, 6.45) is 7.35. The lowest BCUT2D eigenvalue weighted by Gasteiger charge is -2.07. The van der Waals surface area contributed by atoms with Crippen LogP contribution in [0.15, 0.2) is 47.3 Å². The molecule has 102 valence electrons. The summed E-state index contributed by atoms with van der Waals surface area (Å²) in [5.41, 5.74) is 0.207. The van der Waals surface area contributed by atoms with Gasteiger partial charge in [-0.15, -0.1) is 5.76 Å². The molecule has 19 heavy (non-hydrogen) atoms. The largest absolute Gasteiger partial charge is 0.875 e. The molecule has 0 rings (SSSR count). The Morgan fingerprint density at radius 1 is 0.789 bits per heavy atom. The van der Waals surface area contributed by atoms with E-state index < -0.39 is 0 Å². The van der Waals surface area contributed by atoms with Gasteiger partial charge >= 0.3 is 0 Å². The average molecular weight is 261 g/mol. The van der Waals surface area contributed by atoms with Gasteiger partial charge in [-0.2, -0.15) is 0 Å². The van der Waals surface area contributed by atoms with E-state index in [0.717, 1.165) is 0 Å². The lowest BCUT2D eigenvalue weighted by Crippen LogP contribution is -2.07. The molecule has 0 aliphatic rings. The molecule has 4 nitrogen and oxygen atoms in total. The topological polar surface area (TPSA) is 74.3 Å². The zero-order valence-corrected chi connectivity index (χ0v) is 11.5. The maximum Gasteiger partial charge on any atom is 0.163 e. The number of hydrogen-bond donors (Lipinski definition) is 0. The number of Topliss-reactive ketones (excluding diaryl/α,β-unsaturated/α-hetero) is 3. The highest BCUT2D eigenvalue weighted by Crippen LogP contribution is 2.03. The molecule has 0 amide bonds. The summed E-state index contributed by atoms with van der Waals surface area (Å²) in [7, 11) is 0. The van der Waals surface area contributed by atoms with Gasteiger partial charge in [0.05, 0.1) is 5.57 Å². The summed E-state index contributed by atoms with van der Waals surface area (Å²) >= 11 is 0. The molecule has 0 spiro atoms. The molecule has 0 aromatic heterocycles. The van der Waals surface area contributed by atoms with Gasteiger partial charge in [-0.05, 0) is 26.8 Å². The molecule has 0 atom stereocenters. The molecule has 0 unspecified atom stereocenters. The first kappa shape index (κ1) is 16.8. The van der Waals surface area contributed by atoms with Crippen LogP contribution in [0.3, 0.4) is 0 Å². The van der Waals surface area contributed by atoms with Crippen LogP contribution in [-0.2, 0) is 14.4 Å². The third kappa shape index (κ3) is 6.31. The second-order valence-electron chi connectivity index (χ2n) is 3.96. The van der Waals surface area contributed by atoms with Crippen molar-refractivity contribution in [3.05, 3.63) is 47.3 Å². The van der Waals surface area contributed by atoms with Crippen molar-refractivity contribution < 1.29 is 19.5 Å². The van der Waals surface area contributed by atoms with Crippen LogP contribution in [0.25, 0.3) is 0 Å². The van der Waals surface area contributed by atoms with E-state index in [4.69, 9.17) is 0 Å². The summed E-state index contributed by atoms with van der Waals surface area (Å²) in [4.78, 5) is 33.3. The van der Waals surface area contributed by atoms with Crippen molar-refractivity contribution >= 4 is 17.3 Å². The van der Waals surface area contributed by atoms with E-state index in [1.54, 1.807) is 0 Å². The van der Waals surface area contributed by atoms with E-state index in [1.807, 2.05) is 0 Å². The molecular weight excluding hydrogens is 244 g/mol. The van der Waals surface area contributed by atoms with Crippen LogP contribution in [-0.4, -0.2) is 17.3 Å². The van der Waals surface area contributed by atoms with Gasteiger partial charge < -0.3 is 5.11 Å². The van der Waals surface area contributed by atoms with E-state index in [0.29, 0.717) is 0 Å². The van der Waals surface area contributed by atoms with Crippen LogP contribution in [0.1, 0.15) is 27.7 Å². The SMILES string of the molecule is CC(=O)C(=C/C=C/C=C/C(C(C)=O)=C(/C)[O-])C(C)=O. The van der Waals surface area contributed by atoms with Crippen molar-refractivity contribution in [1.29, 1.82) is 0 Å². The highest BCUT2D eigenvalue weighted by molar-refractivity contribution is 6.18. The van der Waals surface area contributed by atoms with E-state index in [-0.39, 0.29) is 34.3 Å². The Bertz CT molecular complexity index is 482. The maximum absolute atomic E-state index is 11.1. The van der Waals surface area contributed by atoms with Gasteiger partial charge in [0.1, 0.15) is 0 Å². The Kier molecular flexibility index (Phi) is 7.04. The minimum Gasteiger partial charge on any atom is -0.875 e. The number of ketones is 3. The molecule has 0 aliphatic heterocycles. The molecule has 0 bridgehead atoms. The van der Waals surface area contributed by atoms with Gasteiger partial charge in [0.15, 0.2) is 17.3 Å². The highest BCUT2D eigenvalue weighted by Gasteiger charge is 2.06. The number of hydrogen-bond acceptors (Lipinski definition) is 4. The van der Waals surface area contributed by atoms with Crippen molar-refractivity contribution in [1.82, 2.24) is 0 Å². The Hall–Kier alpha value is -2.23. The maximum atomic E-state index is 11.1. The zero-order chi connectivity index (χ0) is 15.0. The Labute approximate surface area is 112 Å². The average Bonchev–Trinajstić information content (AvgIpc) is 2.25. The van der Waals surface area contributed by atoms with Crippen molar-refractivity contribution in [3.8, 4) is 0 Å². The van der Waals surface area contributed by atoms with Crippen LogP contribution >= 0.6 is 0 Å². The predicted molar refractivity (Wildman–Crippen MR) is 71.1 cm³/mol. The number of allylic oxidation sites excluding steroid dienone is 8. The van der Waals surface area contributed by atoms with Crippen LogP contribution < -0.4 is 5.11 Å². The molecule has 0 saturated heterocycles. The van der Waals surface area contributed by atoms with Crippen LogP contribution in [0.5, 0.6) is 0 Å². The second kappa shape index (κ2) is 7.97. The monoisotopic (exact) mass is 261 g/mol. The first-order valence-corrected chi connectivity index (χ1v) is 5.73. The highest BCUT2D eigenvalue weighted by atomic mass is 16.3. The van der Waals surface area contributed by atoms with E-state index in [9.17, 15) is 19.5 Å². The molecule has 0 radical (unpaired) electrons. The molecule has 0 N–H and O–H groups in total. The van der Waals surface area contributed by atoms with Crippen molar-refractivity contribution in [2.75, 3.05) is 0 Å². The predicted octanol–water partition coefficient (Wildman–Crippen LogP) is 1.43. The van der Waals surface area contributed by atoms with Crippen molar-refractivity contribution in [3.63, 3.8) is 0 Å². The van der Waals surface area contributed by atoms with Gasteiger partial charge in [0.25, 0.3) is 0 Å².